The molecule has 1 atom stereocenters. The van der Waals surface area contributed by atoms with Gasteiger partial charge in [-0.1, -0.05) is 20.8 Å². The number of nitrogens with zero attached hydrogens (tertiary/aromatic N) is 1. The predicted molar refractivity (Wildman–Crippen MR) is 65.6 cm³/mol. The van der Waals surface area contributed by atoms with Crippen LogP contribution in [0.15, 0.2) is 18.3 Å². The van der Waals surface area contributed by atoms with E-state index in [9.17, 15) is 0 Å². The van der Waals surface area contributed by atoms with Crippen LogP contribution in [0.5, 0.6) is 0 Å². The molecule has 0 aliphatic carbocycles. The number of aromatic nitrogens is 1. The summed E-state index contributed by atoms with van der Waals surface area (Å²) in [4.78, 5) is 4.46. The standard InChI is InChI=1S/C14H21NO/c1-14(2,3)12-4-6-15-13(9-12)8-11-5-7-16-10-11/h4,6,9,11H,5,7-8,10H2,1-3H3. The summed E-state index contributed by atoms with van der Waals surface area (Å²) in [5.74, 6) is 0.669. The van der Waals surface area contributed by atoms with Crippen LogP contribution < -0.4 is 0 Å². The molecule has 0 N–H and O–H groups in total. The molecular weight excluding hydrogens is 198 g/mol. The largest absolute Gasteiger partial charge is 0.381 e. The molecule has 1 aliphatic rings. The zero-order chi connectivity index (χ0) is 11.6. The Balaban J connectivity index is 2.09. The van der Waals surface area contributed by atoms with E-state index in [1.165, 1.54) is 17.7 Å². The van der Waals surface area contributed by atoms with Crippen molar-refractivity contribution in [3.63, 3.8) is 0 Å². The van der Waals surface area contributed by atoms with Crippen molar-refractivity contribution in [3.05, 3.63) is 29.6 Å². The lowest BCUT2D eigenvalue weighted by atomic mass is 9.86. The first-order valence-electron chi connectivity index (χ1n) is 6.09. The summed E-state index contributed by atoms with van der Waals surface area (Å²) in [5.41, 5.74) is 2.79. The maximum absolute atomic E-state index is 5.40. The van der Waals surface area contributed by atoms with Crippen molar-refractivity contribution in [1.82, 2.24) is 4.98 Å². The third-order valence-electron chi connectivity index (χ3n) is 3.20. The highest BCUT2D eigenvalue weighted by atomic mass is 16.5. The molecular formula is C14H21NO. The first-order valence-corrected chi connectivity index (χ1v) is 6.09. The molecule has 1 unspecified atom stereocenters. The molecule has 0 spiro atoms. The van der Waals surface area contributed by atoms with Crippen LogP contribution in [0.25, 0.3) is 0 Å². The molecule has 0 amide bonds. The smallest absolute Gasteiger partial charge is 0.0498 e. The normalized spacial score (nSPS) is 21.3. The van der Waals surface area contributed by atoms with Crippen LogP contribution in [0.1, 0.15) is 38.4 Å². The van der Waals surface area contributed by atoms with E-state index in [2.05, 4.69) is 37.9 Å². The fourth-order valence-electron chi connectivity index (χ4n) is 2.10. The average Bonchev–Trinajstić information content (AvgIpc) is 2.70. The van der Waals surface area contributed by atoms with Gasteiger partial charge in [0.1, 0.15) is 0 Å². The molecule has 0 radical (unpaired) electrons. The summed E-state index contributed by atoms with van der Waals surface area (Å²) in [5, 5.41) is 0. The number of rotatable bonds is 2. The minimum absolute atomic E-state index is 0.212. The van der Waals surface area contributed by atoms with Gasteiger partial charge in [-0.2, -0.15) is 0 Å². The molecule has 0 saturated carbocycles. The molecule has 1 aromatic heterocycles. The Bertz CT molecular complexity index is 348. The number of hydrogen-bond acceptors (Lipinski definition) is 2. The van der Waals surface area contributed by atoms with Crippen molar-refractivity contribution in [2.45, 2.75) is 39.0 Å². The van der Waals surface area contributed by atoms with Gasteiger partial charge in [0.25, 0.3) is 0 Å². The van der Waals surface area contributed by atoms with Crippen molar-refractivity contribution in [2.75, 3.05) is 13.2 Å². The third-order valence-corrected chi connectivity index (χ3v) is 3.20. The lowest BCUT2D eigenvalue weighted by molar-refractivity contribution is 0.185. The SMILES string of the molecule is CC(C)(C)c1ccnc(CC2CCOC2)c1. The summed E-state index contributed by atoms with van der Waals surface area (Å²) in [6.07, 6.45) is 4.18. The summed E-state index contributed by atoms with van der Waals surface area (Å²) < 4.78 is 5.40. The van der Waals surface area contributed by atoms with Gasteiger partial charge in [-0.25, -0.2) is 0 Å². The molecule has 0 bridgehead atoms. The zero-order valence-electron chi connectivity index (χ0n) is 10.5. The van der Waals surface area contributed by atoms with Crippen LogP contribution >= 0.6 is 0 Å². The van der Waals surface area contributed by atoms with E-state index in [-0.39, 0.29) is 5.41 Å². The Morgan fingerprint density at radius 2 is 2.25 bits per heavy atom. The van der Waals surface area contributed by atoms with E-state index in [0.717, 1.165) is 19.6 Å². The monoisotopic (exact) mass is 219 g/mol. The lowest BCUT2D eigenvalue weighted by Gasteiger charge is -2.19. The summed E-state index contributed by atoms with van der Waals surface area (Å²) in [7, 11) is 0. The molecule has 1 fully saturated rings. The van der Waals surface area contributed by atoms with E-state index < -0.39 is 0 Å². The second-order valence-electron chi connectivity index (χ2n) is 5.72. The van der Waals surface area contributed by atoms with Gasteiger partial charge in [-0.05, 0) is 41.9 Å². The molecule has 2 heteroatoms. The van der Waals surface area contributed by atoms with Crippen LogP contribution in [-0.2, 0) is 16.6 Å². The molecule has 2 rings (SSSR count). The molecule has 0 aromatic carbocycles. The van der Waals surface area contributed by atoms with E-state index in [0.29, 0.717) is 5.92 Å². The molecule has 1 aliphatic heterocycles. The van der Waals surface area contributed by atoms with E-state index in [4.69, 9.17) is 4.74 Å². The van der Waals surface area contributed by atoms with Crippen LogP contribution in [0, 0.1) is 5.92 Å². The average molecular weight is 219 g/mol. The Morgan fingerprint density at radius 3 is 2.88 bits per heavy atom. The van der Waals surface area contributed by atoms with E-state index in [1.807, 2.05) is 6.20 Å². The summed E-state index contributed by atoms with van der Waals surface area (Å²) in [6, 6.07) is 4.37. The van der Waals surface area contributed by atoms with Gasteiger partial charge in [-0.15, -0.1) is 0 Å². The van der Waals surface area contributed by atoms with Gasteiger partial charge in [0.2, 0.25) is 0 Å². The van der Waals surface area contributed by atoms with E-state index >= 15 is 0 Å². The second-order valence-corrected chi connectivity index (χ2v) is 5.72. The highest BCUT2D eigenvalue weighted by molar-refractivity contribution is 5.23. The fraction of sp³-hybridized carbons (Fsp3) is 0.643. The fourth-order valence-corrected chi connectivity index (χ4v) is 2.10. The lowest BCUT2D eigenvalue weighted by Crippen LogP contribution is -2.13. The van der Waals surface area contributed by atoms with Crippen LogP contribution in [-0.4, -0.2) is 18.2 Å². The van der Waals surface area contributed by atoms with Crippen LogP contribution in [0.4, 0.5) is 0 Å². The van der Waals surface area contributed by atoms with Gasteiger partial charge in [-0.3, -0.25) is 4.98 Å². The Kier molecular flexibility index (Phi) is 3.29. The number of ether oxygens (including phenoxy) is 1. The van der Waals surface area contributed by atoms with Gasteiger partial charge in [0, 0.05) is 25.1 Å². The Labute approximate surface area is 98.0 Å². The molecule has 2 heterocycles. The molecule has 88 valence electrons. The highest BCUT2D eigenvalue weighted by Crippen LogP contribution is 2.24. The van der Waals surface area contributed by atoms with Crippen molar-refractivity contribution in [2.24, 2.45) is 5.92 Å². The maximum Gasteiger partial charge on any atom is 0.0498 e. The topological polar surface area (TPSA) is 22.1 Å². The van der Waals surface area contributed by atoms with Crippen molar-refractivity contribution < 1.29 is 4.74 Å². The van der Waals surface area contributed by atoms with Crippen LogP contribution in [0.2, 0.25) is 0 Å². The van der Waals surface area contributed by atoms with Gasteiger partial charge in [0.05, 0.1) is 0 Å². The van der Waals surface area contributed by atoms with Gasteiger partial charge in [0.15, 0.2) is 0 Å². The molecule has 1 saturated heterocycles. The second kappa shape index (κ2) is 4.54. The third kappa shape index (κ3) is 2.82. The van der Waals surface area contributed by atoms with Crippen molar-refractivity contribution in [3.8, 4) is 0 Å². The van der Waals surface area contributed by atoms with Crippen molar-refractivity contribution >= 4 is 0 Å². The van der Waals surface area contributed by atoms with Crippen molar-refractivity contribution in [1.29, 1.82) is 0 Å². The summed E-state index contributed by atoms with van der Waals surface area (Å²) in [6.45, 7) is 8.55. The zero-order valence-corrected chi connectivity index (χ0v) is 10.5. The first-order chi connectivity index (χ1) is 7.55. The minimum atomic E-state index is 0.212. The molecule has 1 aromatic rings. The number of pyridine rings is 1. The number of hydrogen-bond donors (Lipinski definition) is 0. The highest BCUT2D eigenvalue weighted by Gasteiger charge is 2.18. The first kappa shape index (κ1) is 11.6. The quantitative estimate of drug-likeness (QED) is 0.763. The van der Waals surface area contributed by atoms with E-state index in [1.54, 1.807) is 0 Å². The Hall–Kier alpha value is -0.890. The van der Waals surface area contributed by atoms with Crippen LogP contribution in [0.3, 0.4) is 0 Å². The summed E-state index contributed by atoms with van der Waals surface area (Å²) >= 11 is 0. The Morgan fingerprint density at radius 1 is 1.44 bits per heavy atom. The maximum atomic E-state index is 5.40. The van der Waals surface area contributed by atoms with Gasteiger partial charge >= 0.3 is 0 Å². The predicted octanol–water partition coefficient (Wildman–Crippen LogP) is 2.96. The van der Waals surface area contributed by atoms with Gasteiger partial charge < -0.3 is 4.74 Å². The molecule has 16 heavy (non-hydrogen) atoms. The molecule has 2 nitrogen and oxygen atoms in total. The minimum Gasteiger partial charge on any atom is -0.381 e.